The second-order valence-electron chi connectivity index (χ2n) is 8.60. The lowest BCUT2D eigenvalue weighted by atomic mass is 9.94. The third-order valence-electron chi connectivity index (χ3n) is 6.28. The molecule has 30 heavy (non-hydrogen) atoms. The number of pyridine rings is 2. The van der Waals surface area contributed by atoms with Gasteiger partial charge >= 0.3 is 0 Å². The quantitative estimate of drug-likeness (QED) is 0.677. The molecule has 3 heterocycles. The smallest absolute Gasteiger partial charge is 0.258 e. The molecule has 0 spiro atoms. The van der Waals surface area contributed by atoms with Crippen molar-refractivity contribution in [1.82, 2.24) is 9.38 Å². The molecule has 0 saturated carbocycles. The van der Waals surface area contributed by atoms with Crippen LogP contribution in [-0.4, -0.2) is 21.6 Å². The van der Waals surface area contributed by atoms with Crippen LogP contribution in [0.5, 0.6) is 0 Å². The van der Waals surface area contributed by atoms with Crippen molar-refractivity contribution in [2.45, 2.75) is 59.5 Å². The monoisotopic (exact) mass is 406 g/mol. The molecule has 0 bridgehead atoms. The summed E-state index contributed by atoms with van der Waals surface area (Å²) in [6.07, 6.45) is 9.07. The normalized spacial score (nSPS) is 14.7. The van der Waals surface area contributed by atoms with Gasteiger partial charge in [-0.15, -0.1) is 0 Å². The van der Waals surface area contributed by atoms with Gasteiger partial charge < -0.3 is 9.84 Å². The molecule has 5 nitrogen and oxygen atoms in total. The molecule has 158 valence electrons. The molecule has 0 radical (unpaired) electrons. The SMILES string of the molecule is CCCCc1c2c(nc3c1cn1c(=O)c(C)c(C(O)C(C)C)cc31)=CC=C(OC)C2. The average Bonchev–Trinajstić information content (AvgIpc) is 3.11. The van der Waals surface area contributed by atoms with Crippen molar-refractivity contribution in [1.29, 1.82) is 0 Å². The standard InChI is InChI=1S/C25H30N2O3/c1-6-7-8-17-19-11-16(30-5)9-10-21(19)26-23-20(17)13-27-22(23)12-18(15(4)25(27)29)24(28)14(2)3/h9-10,12-14,24,28H,6-8,11H2,1-5H3. The van der Waals surface area contributed by atoms with Crippen LogP contribution in [0, 0.1) is 12.8 Å². The van der Waals surface area contributed by atoms with Crippen molar-refractivity contribution in [3.8, 4) is 0 Å². The minimum atomic E-state index is -0.677. The van der Waals surface area contributed by atoms with E-state index in [1.54, 1.807) is 18.4 Å². The van der Waals surface area contributed by atoms with Crippen LogP contribution < -0.4 is 10.9 Å². The Hall–Kier alpha value is -2.66. The molecule has 0 amide bonds. The van der Waals surface area contributed by atoms with Crippen LogP contribution in [0.4, 0.5) is 0 Å². The molecule has 1 unspecified atom stereocenters. The highest BCUT2D eigenvalue weighted by molar-refractivity contribution is 5.97. The third kappa shape index (κ3) is 3.21. The van der Waals surface area contributed by atoms with E-state index in [0.717, 1.165) is 53.2 Å². The minimum Gasteiger partial charge on any atom is -0.501 e. The topological polar surface area (TPSA) is 63.8 Å². The highest BCUT2D eigenvalue weighted by Crippen LogP contribution is 2.30. The molecular formula is C25H30N2O3. The van der Waals surface area contributed by atoms with E-state index in [9.17, 15) is 9.90 Å². The number of rotatable bonds is 6. The van der Waals surface area contributed by atoms with Crippen LogP contribution in [0.3, 0.4) is 0 Å². The van der Waals surface area contributed by atoms with E-state index < -0.39 is 6.10 Å². The van der Waals surface area contributed by atoms with E-state index >= 15 is 0 Å². The Kier molecular flexibility index (Phi) is 5.41. The summed E-state index contributed by atoms with van der Waals surface area (Å²) in [5.74, 6) is 0.950. The van der Waals surface area contributed by atoms with Gasteiger partial charge in [-0.1, -0.05) is 27.2 Å². The predicted molar refractivity (Wildman–Crippen MR) is 121 cm³/mol. The van der Waals surface area contributed by atoms with Crippen LogP contribution in [0.25, 0.3) is 22.5 Å². The van der Waals surface area contributed by atoms with Crippen LogP contribution in [0.15, 0.2) is 28.9 Å². The van der Waals surface area contributed by atoms with Gasteiger partial charge in [0, 0.05) is 23.6 Å². The van der Waals surface area contributed by atoms with Gasteiger partial charge in [0.05, 0.1) is 29.6 Å². The number of nitrogens with zero attached hydrogens (tertiary/aromatic N) is 2. The van der Waals surface area contributed by atoms with E-state index in [0.29, 0.717) is 11.1 Å². The number of aliphatic hydroxyl groups excluding tert-OH is 1. The number of ether oxygens (including phenoxy) is 1. The molecule has 1 N–H and O–H groups in total. The maximum atomic E-state index is 13.2. The van der Waals surface area contributed by atoms with Gasteiger partial charge in [0.2, 0.25) is 0 Å². The summed E-state index contributed by atoms with van der Waals surface area (Å²) in [7, 11) is 1.70. The highest BCUT2D eigenvalue weighted by atomic mass is 16.5. The summed E-state index contributed by atoms with van der Waals surface area (Å²) in [6, 6.07) is 1.95. The fourth-order valence-corrected chi connectivity index (χ4v) is 4.41. The highest BCUT2D eigenvalue weighted by Gasteiger charge is 2.22. The molecule has 3 aromatic rings. The summed E-state index contributed by atoms with van der Waals surface area (Å²) in [5, 5.41) is 12.7. The number of fused-ring (bicyclic) bond motifs is 4. The second-order valence-corrected chi connectivity index (χ2v) is 8.60. The predicted octanol–water partition coefficient (Wildman–Crippen LogP) is 3.77. The zero-order valence-corrected chi connectivity index (χ0v) is 18.5. The molecule has 1 atom stereocenters. The molecule has 3 aromatic heterocycles. The molecule has 0 aromatic carbocycles. The zero-order valence-electron chi connectivity index (χ0n) is 18.5. The zero-order chi connectivity index (χ0) is 21.6. The molecular weight excluding hydrogens is 376 g/mol. The lowest BCUT2D eigenvalue weighted by Gasteiger charge is -2.17. The Bertz CT molecular complexity index is 1270. The Morgan fingerprint density at radius 1 is 1.30 bits per heavy atom. The Morgan fingerprint density at radius 2 is 2.07 bits per heavy atom. The Morgan fingerprint density at radius 3 is 2.73 bits per heavy atom. The molecule has 0 fully saturated rings. The third-order valence-corrected chi connectivity index (χ3v) is 6.28. The fraction of sp³-hybridized carbons (Fsp3) is 0.440. The van der Waals surface area contributed by atoms with Crippen molar-refractivity contribution in [2.24, 2.45) is 5.92 Å². The van der Waals surface area contributed by atoms with Gasteiger partial charge in [0.25, 0.3) is 5.56 Å². The molecule has 4 rings (SSSR count). The number of aromatic nitrogens is 2. The average molecular weight is 407 g/mol. The first-order chi connectivity index (χ1) is 14.4. The lowest BCUT2D eigenvalue weighted by molar-refractivity contribution is 0.126. The number of hydrogen-bond acceptors (Lipinski definition) is 4. The van der Waals surface area contributed by atoms with Crippen LogP contribution in [0.1, 0.15) is 62.0 Å². The summed E-state index contributed by atoms with van der Waals surface area (Å²) >= 11 is 0. The Balaban J connectivity index is 2.08. The first-order valence-corrected chi connectivity index (χ1v) is 10.8. The molecule has 0 aliphatic heterocycles. The van der Waals surface area contributed by atoms with Gasteiger partial charge in [-0.2, -0.15) is 0 Å². The Labute approximate surface area is 176 Å². The molecule has 1 aliphatic carbocycles. The summed E-state index contributed by atoms with van der Waals surface area (Å²) in [6.45, 7) is 7.90. The van der Waals surface area contributed by atoms with Gasteiger partial charge in [-0.3, -0.25) is 9.20 Å². The largest absolute Gasteiger partial charge is 0.501 e. The van der Waals surface area contributed by atoms with Gasteiger partial charge in [0.1, 0.15) is 5.76 Å². The maximum Gasteiger partial charge on any atom is 0.258 e. The van der Waals surface area contributed by atoms with Gasteiger partial charge in [-0.05, 0) is 60.6 Å². The second kappa shape index (κ2) is 7.88. The number of methoxy groups -OCH3 is 1. The number of unbranched alkanes of at least 4 members (excludes halogenated alkanes) is 1. The van der Waals surface area contributed by atoms with Gasteiger partial charge in [0.15, 0.2) is 0 Å². The van der Waals surface area contributed by atoms with Crippen molar-refractivity contribution < 1.29 is 9.84 Å². The number of aliphatic hydroxyl groups is 1. The number of allylic oxidation sites excluding steroid dienone is 2. The first-order valence-electron chi connectivity index (χ1n) is 10.8. The maximum absolute atomic E-state index is 13.2. The van der Waals surface area contributed by atoms with Crippen LogP contribution in [-0.2, 0) is 17.6 Å². The summed E-state index contributed by atoms with van der Waals surface area (Å²) in [4.78, 5) is 18.1. The van der Waals surface area contributed by atoms with Gasteiger partial charge in [-0.25, -0.2) is 4.98 Å². The number of aryl methyl sites for hydroxylation is 1. The van der Waals surface area contributed by atoms with Crippen molar-refractivity contribution in [2.75, 3.05) is 7.11 Å². The van der Waals surface area contributed by atoms with Crippen LogP contribution >= 0.6 is 0 Å². The minimum absolute atomic E-state index is 0.0264. The molecule has 5 heteroatoms. The van der Waals surface area contributed by atoms with Crippen LogP contribution in [0.2, 0.25) is 0 Å². The van der Waals surface area contributed by atoms with E-state index in [-0.39, 0.29) is 11.5 Å². The summed E-state index contributed by atoms with van der Waals surface area (Å²) in [5.41, 5.74) is 5.26. The van der Waals surface area contributed by atoms with E-state index in [4.69, 9.17) is 9.72 Å². The molecule has 0 saturated heterocycles. The van der Waals surface area contributed by atoms with Crippen molar-refractivity contribution >= 4 is 22.5 Å². The van der Waals surface area contributed by atoms with Crippen molar-refractivity contribution in [3.63, 3.8) is 0 Å². The van der Waals surface area contributed by atoms with E-state index in [1.807, 2.05) is 38.3 Å². The first kappa shape index (κ1) is 20.6. The lowest BCUT2D eigenvalue weighted by Crippen LogP contribution is -2.21. The number of hydrogen-bond donors (Lipinski definition) is 1. The van der Waals surface area contributed by atoms with E-state index in [2.05, 4.69) is 6.92 Å². The summed E-state index contributed by atoms with van der Waals surface area (Å²) < 4.78 is 7.20. The molecule has 1 aliphatic rings. The van der Waals surface area contributed by atoms with Crippen molar-refractivity contribution in [3.05, 3.63) is 62.1 Å². The van der Waals surface area contributed by atoms with E-state index in [1.165, 1.54) is 11.1 Å². The fourth-order valence-electron chi connectivity index (χ4n) is 4.41.